The van der Waals surface area contributed by atoms with Crippen LogP contribution in [0.25, 0.3) is 0 Å². The maximum Gasteiger partial charge on any atom is 0.148 e. The molecule has 0 saturated heterocycles. The van der Waals surface area contributed by atoms with E-state index in [1.807, 2.05) is 6.92 Å². The van der Waals surface area contributed by atoms with Gasteiger partial charge in [0.25, 0.3) is 0 Å². The molecule has 1 N–H and O–H groups in total. The first-order chi connectivity index (χ1) is 7.88. The van der Waals surface area contributed by atoms with Gasteiger partial charge in [-0.3, -0.25) is 0 Å². The maximum absolute atomic E-state index is 11.2. The SMILES string of the molecule is CC(CS(C)(=O)=O)N[C@H](C)C1CCCCCC1. The molecule has 17 heavy (non-hydrogen) atoms. The minimum absolute atomic E-state index is 0.0586. The van der Waals surface area contributed by atoms with Crippen molar-refractivity contribution in [3.05, 3.63) is 0 Å². The molecule has 0 amide bonds. The summed E-state index contributed by atoms with van der Waals surface area (Å²) >= 11 is 0. The lowest BCUT2D eigenvalue weighted by atomic mass is 9.92. The van der Waals surface area contributed by atoms with E-state index in [1.54, 1.807) is 0 Å². The highest BCUT2D eigenvalue weighted by Crippen LogP contribution is 2.25. The van der Waals surface area contributed by atoms with Crippen molar-refractivity contribution < 1.29 is 8.42 Å². The molecule has 0 aromatic carbocycles. The predicted octanol–water partition coefficient (Wildman–Crippen LogP) is 2.37. The second-order valence-corrected chi connectivity index (χ2v) is 7.89. The zero-order valence-electron chi connectivity index (χ0n) is 11.4. The zero-order valence-corrected chi connectivity index (χ0v) is 12.2. The number of nitrogens with one attached hydrogen (secondary N) is 1. The van der Waals surface area contributed by atoms with E-state index in [4.69, 9.17) is 0 Å². The average molecular weight is 261 g/mol. The second-order valence-electron chi connectivity index (χ2n) is 5.70. The van der Waals surface area contributed by atoms with Gasteiger partial charge < -0.3 is 5.32 Å². The number of hydrogen-bond acceptors (Lipinski definition) is 3. The molecule has 0 spiro atoms. The molecular formula is C13H27NO2S. The van der Waals surface area contributed by atoms with Crippen molar-refractivity contribution in [2.75, 3.05) is 12.0 Å². The maximum atomic E-state index is 11.2. The van der Waals surface area contributed by atoms with Gasteiger partial charge in [-0.05, 0) is 32.6 Å². The number of hydrogen-bond donors (Lipinski definition) is 1. The molecule has 1 unspecified atom stereocenters. The van der Waals surface area contributed by atoms with Gasteiger partial charge >= 0.3 is 0 Å². The summed E-state index contributed by atoms with van der Waals surface area (Å²) in [6.07, 6.45) is 9.28. The van der Waals surface area contributed by atoms with E-state index < -0.39 is 9.84 Å². The van der Waals surface area contributed by atoms with Crippen LogP contribution in [-0.4, -0.2) is 32.5 Å². The largest absolute Gasteiger partial charge is 0.310 e. The third kappa shape index (κ3) is 6.41. The summed E-state index contributed by atoms with van der Waals surface area (Å²) in [5, 5.41) is 3.45. The summed E-state index contributed by atoms with van der Waals surface area (Å²) in [4.78, 5) is 0. The highest BCUT2D eigenvalue weighted by atomic mass is 32.2. The molecule has 1 fully saturated rings. The Morgan fingerprint density at radius 3 is 2.12 bits per heavy atom. The van der Waals surface area contributed by atoms with Crippen LogP contribution in [0.1, 0.15) is 52.4 Å². The fraction of sp³-hybridized carbons (Fsp3) is 1.00. The summed E-state index contributed by atoms with van der Waals surface area (Å²) in [5.41, 5.74) is 0. The first-order valence-electron chi connectivity index (χ1n) is 6.82. The van der Waals surface area contributed by atoms with Gasteiger partial charge in [0, 0.05) is 18.3 Å². The van der Waals surface area contributed by atoms with Crippen molar-refractivity contribution in [2.45, 2.75) is 64.5 Å². The lowest BCUT2D eigenvalue weighted by Crippen LogP contribution is -2.42. The summed E-state index contributed by atoms with van der Waals surface area (Å²) in [5.74, 6) is 0.962. The summed E-state index contributed by atoms with van der Waals surface area (Å²) in [6.45, 7) is 4.17. The van der Waals surface area contributed by atoms with Crippen LogP contribution < -0.4 is 5.32 Å². The van der Waals surface area contributed by atoms with Crippen LogP contribution in [0.5, 0.6) is 0 Å². The Bertz CT molecular complexity index is 305. The standard InChI is InChI=1S/C13H27NO2S/c1-11(10-17(3,15)16)14-12(2)13-8-6-4-5-7-9-13/h11-14H,4-10H2,1-3H3/t11?,12-/m1/s1. The van der Waals surface area contributed by atoms with E-state index in [9.17, 15) is 8.42 Å². The van der Waals surface area contributed by atoms with Gasteiger partial charge in [-0.15, -0.1) is 0 Å². The summed E-state index contributed by atoms with van der Waals surface area (Å²) in [7, 11) is -2.87. The third-order valence-electron chi connectivity index (χ3n) is 3.71. The summed E-state index contributed by atoms with van der Waals surface area (Å²) < 4.78 is 22.4. The zero-order chi connectivity index (χ0) is 12.9. The van der Waals surface area contributed by atoms with Crippen molar-refractivity contribution in [3.8, 4) is 0 Å². The topological polar surface area (TPSA) is 46.2 Å². The molecule has 0 heterocycles. The highest BCUT2D eigenvalue weighted by molar-refractivity contribution is 7.90. The van der Waals surface area contributed by atoms with Crippen LogP contribution in [0.3, 0.4) is 0 Å². The Balaban J connectivity index is 2.38. The smallest absolute Gasteiger partial charge is 0.148 e. The molecule has 1 aliphatic rings. The van der Waals surface area contributed by atoms with Crippen molar-refractivity contribution in [1.82, 2.24) is 5.32 Å². The second kappa shape index (κ2) is 6.74. The normalized spacial score (nSPS) is 23.0. The average Bonchev–Trinajstić information content (AvgIpc) is 2.41. The van der Waals surface area contributed by atoms with Crippen LogP contribution in [0.4, 0.5) is 0 Å². The van der Waals surface area contributed by atoms with Crippen molar-refractivity contribution in [3.63, 3.8) is 0 Å². The van der Waals surface area contributed by atoms with Gasteiger partial charge in [0.05, 0.1) is 5.75 Å². The summed E-state index contributed by atoms with van der Waals surface area (Å²) in [6, 6.07) is 0.494. The van der Waals surface area contributed by atoms with Gasteiger partial charge in [0.1, 0.15) is 9.84 Å². The van der Waals surface area contributed by atoms with Crippen LogP contribution in [0.15, 0.2) is 0 Å². The molecule has 4 heteroatoms. The molecule has 0 radical (unpaired) electrons. The van der Waals surface area contributed by atoms with Crippen LogP contribution in [0, 0.1) is 5.92 Å². The Labute approximate surface area is 106 Å². The first-order valence-corrected chi connectivity index (χ1v) is 8.88. The minimum atomic E-state index is -2.87. The lowest BCUT2D eigenvalue weighted by molar-refractivity contribution is 0.321. The van der Waals surface area contributed by atoms with Crippen LogP contribution in [0.2, 0.25) is 0 Å². The fourth-order valence-corrected chi connectivity index (χ4v) is 3.90. The molecule has 0 bridgehead atoms. The van der Waals surface area contributed by atoms with Crippen molar-refractivity contribution >= 4 is 9.84 Å². The minimum Gasteiger partial charge on any atom is -0.310 e. The Hall–Kier alpha value is -0.0900. The number of sulfone groups is 1. The van der Waals surface area contributed by atoms with E-state index in [-0.39, 0.29) is 11.8 Å². The van der Waals surface area contributed by atoms with Gasteiger partial charge in [-0.1, -0.05) is 25.7 Å². The van der Waals surface area contributed by atoms with E-state index in [0.717, 1.165) is 5.92 Å². The fourth-order valence-electron chi connectivity index (χ4n) is 2.90. The molecule has 2 atom stereocenters. The Morgan fingerprint density at radius 1 is 1.12 bits per heavy atom. The van der Waals surface area contributed by atoms with Crippen LogP contribution >= 0.6 is 0 Å². The third-order valence-corrected chi connectivity index (χ3v) is 4.81. The molecule has 1 rings (SSSR count). The molecule has 102 valence electrons. The quantitative estimate of drug-likeness (QED) is 0.773. The molecule has 3 nitrogen and oxygen atoms in total. The van der Waals surface area contributed by atoms with Gasteiger partial charge in [0.15, 0.2) is 0 Å². The van der Waals surface area contributed by atoms with Gasteiger partial charge in [0.2, 0.25) is 0 Å². The number of rotatable bonds is 5. The van der Waals surface area contributed by atoms with E-state index in [0.29, 0.717) is 6.04 Å². The van der Waals surface area contributed by atoms with Crippen LogP contribution in [-0.2, 0) is 9.84 Å². The molecule has 1 saturated carbocycles. The Kier molecular flexibility index (Phi) is 5.93. The van der Waals surface area contributed by atoms with Crippen molar-refractivity contribution in [2.24, 2.45) is 5.92 Å². The molecule has 0 aromatic rings. The molecular weight excluding hydrogens is 234 g/mol. The van der Waals surface area contributed by atoms with E-state index >= 15 is 0 Å². The first kappa shape index (κ1) is 15.0. The molecule has 0 aromatic heterocycles. The van der Waals surface area contributed by atoms with Crippen molar-refractivity contribution in [1.29, 1.82) is 0 Å². The molecule has 0 aliphatic heterocycles. The molecule has 1 aliphatic carbocycles. The van der Waals surface area contributed by atoms with E-state index in [2.05, 4.69) is 12.2 Å². The van der Waals surface area contributed by atoms with Gasteiger partial charge in [-0.2, -0.15) is 0 Å². The van der Waals surface area contributed by atoms with Gasteiger partial charge in [-0.25, -0.2) is 8.42 Å². The van der Waals surface area contributed by atoms with E-state index in [1.165, 1.54) is 44.8 Å². The predicted molar refractivity (Wildman–Crippen MR) is 73.0 cm³/mol. The Morgan fingerprint density at radius 2 is 1.65 bits per heavy atom. The lowest BCUT2D eigenvalue weighted by Gasteiger charge is -2.26. The monoisotopic (exact) mass is 261 g/mol. The highest BCUT2D eigenvalue weighted by Gasteiger charge is 2.21.